The van der Waals surface area contributed by atoms with Crippen LogP contribution in [0.4, 0.5) is 0 Å². The minimum Gasteiger partial charge on any atom is -0.343 e. The predicted octanol–water partition coefficient (Wildman–Crippen LogP) is 7.08. The molecule has 0 saturated carbocycles. The molecule has 0 aliphatic rings. The molecule has 0 aromatic heterocycles. The van der Waals surface area contributed by atoms with Gasteiger partial charge in [0.2, 0.25) is 5.91 Å². The number of allylic oxidation sites excluding steroid dienone is 6. The lowest BCUT2D eigenvalue weighted by atomic mass is 9.99. The van der Waals surface area contributed by atoms with E-state index in [0.29, 0.717) is 18.2 Å². The number of hydrogen-bond acceptors (Lipinski definition) is 1. The van der Waals surface area contributed by atoms with Gasteiger partial charge < -0.3 is 4.90 Å². The van der Waals surface area contributed by atoms with Gasteiger partial charge in [0.1, 0.15) is 0 Å². The van der Waals surface area contributed by atoms with Crippen LogP contribution in [0.5, 0.6) is 0 Å². The normalized spacial score (nSPS) is 13.5. The van der Waals surface area contributed by atoms with Crippen molar-refractivity contribution in [3.05, 3.63) is 34.9 Å². The molecule has 150 valence electrons. The first-order valence-electron chi connectivity index (χ1n) is 10.5. The molecule has 0 spiro atoms. The van der Waals surface area contributed by atoms with Crippen LogP contribution in [0.3, 0.4) is 0 Å². The molecule has 0 saturated heterocycles. The summed E-state index contributed by atoms with van der Waals surface area (Å²) in [7, 11) is 0. The van der Waals surface area contributed by atoms with E-state index < -0.39 is 0 Å². The summed E-state index contributed by atoms with van der Waals surface area (Å²) >= 11 is 0. The van der Waals surface area contributed by atoms with Crippen molar-refractivity contribution < 1.29 is 4.79 Å². The molecule has 0 aromatic rings. The van der Waals surface area contributed by atoms with Crippen LogP contribution in [0, 0.1) is 5.92 Å². The monoisotopic (exact) mass is 361 g/mol. The lowest BCUT2D eigenvalue weighted by Crippen LogP contribution is -2.31. The summed E-state index contributed by atoms with van der Waals surface area (Å²) in [5, 5.41) is 0. The van der Waals surface area contributed by atoms with Gasteiger partial charge in [-0.05, 0) is 86.0 Å². The molecule has 1 amide bonds. The maximum Gasteiger partial charge on any atom is 0.222 e. The minimum absolute atomic E-state index is 0.303. The van der Waals surface area contributed by atoms with E-state index >= 15 is 0 Å². The van der Waals surface area contributed by atoms with E-state index in [1.165, 1.54) is 23.1 Å². The van der Waals surface area contributed by atoms with E-state index in [9.17, 15) is 4.79 Å². The first-order valence-corrected chi connectivity index (χ1v) is 10.5. The fourth-order valence-electron chi connectivity index (χ4n) is 3.06. The number of amides is 1. The summed E-state index contributed by atoms with van der Waals surface area (Å²) in [6.07, 6.45) is 14.5. The highest BCUT2D eigenvalue weighted by Gasteiger charge is 2.13. The average Bonchev–Trinajstić information content (AvgIpc) is 2.55. The third kappa shape index (κ3) is 13.0. The predicted molar refractivity (Wildman–Crippen MR) is 116 cm³/mol. The number of carbonyl (C=O) groups is 1. The van der Waals surface area contributed by atoms with Crippen LogP contribution in [0.25, 0.3) is 0 Å². The molecule has 1 atom stereocenters. The van der Waals surface area contributed by atoms with Crippen LogP contribution >= 0.6 is 0 Å². The van der Waals surface area contributed by atoms with Gasteiger partial charge in [0.05, 0.1) is 0 Å². The first-order chi connectivity index (χ1) is 12.3. The van der Waals surface area contributed by atoms with Gasteiger partial charge in [0.15, 0.2) is 0 Å². The Kier molecular flexibility index (Phi) is 14.1. The van der Waals surface area contributed by atoms with Crippen LogP contribution in [0.15, 0.2) is 34.9 Å². The Bertz CT molecular complexity index is 476. The molecule has 0 bridgehead atoms. The van der Waals surface area contributed by atoms with E-state index in [1.807, 2.05) is 4.90 Å². The van der Waals surface area contributed by atoms with Crippen LogP contribution in [-0.4, -0.2) is 23.9 Å². The molecule has 2 nitrogen and oxygen atoms in total. The largest absolute Gasteiger partial charge is 0.343 e. The number of rotatable bonds is 13. The van der Waals surface area contributed by atoms with Crippen molar-refractivity contribution in [3.8, 4) is 0 Å². The summed E-state index contributed by atoms with van der Waals surface area (Å²) in [6.45, 7) is 16.7. The summed E-state index contributed by atoms with van der Waals surface area (Å²) in [4.78, 5) is 14.1. The van der Waals surface area contributed by atoms with Gasteiger partial charge in [0, 0.05) is 19.5 Å². The minimum atomic E-state index is 0.303. The molecule has 2 heteroatoms. The lowest BCUT2D eigenvalue weighted by Gasteiger charge is -2.20. The zero-order valence-corrected chi connectivity index (χ0v) is 18.5. The maximum atomic E-state index is 12.1. The van der Waals surface area contributed by atoms with Gasteiger partial charge in [-0.15, -0.1) is 0 Å². The van der Waals surface area contributed by atoms with Crippen LogP contribution in [0.1, 0.15) is 93.4 Å². The van der Waals surface area contributed by atoms with E-state index in [2.05, 4.69) is 66.7 Å². The molecule has 1 unspecified atom stereocenters. The third-order valence-electron chi connectivity index (χ3n) is 4.91. The van der Waals surface area contributed by atoms with Crippen molar-refractivity contribution in [3.63, 3.8) is 0 Å². The van der Waals surface area contributed by atoms with E-state index in [1.54, 1.807) is 0 Å². The molecule has 0 radical (unpaired) electrons. The highest BCUT2D eigenvalue weighted by atomic mass is 16.2. The standard InChI is InChI=1S/C24H43NO/c1-8-25(9-2)24(26)19-23(7)18-12-17-22(6)16-11-15-21(5)14-10-13-20(3)4/h13,15,17,23H,8-12,14,16,18-19H2,1-7H3/b21-15+,22-17+. The number of carbonyl (C=O) groups excluding carboxylic acids is 1. The molecule has 0 N–H and O–H groups in total. The van der Waals surface area contributed by atoms with Gasteiger partial charge in [-0.2, -0.15) is 0 Å². The van der Waals surface area contributed by atoms with Crippen molar-refractivity contribution in [2.45, 2.75) is 93.4 Å². The van der Waals surface area contributed by atoms with E-state index in [4.69, 9.17) is 0 Å². The highest BCUT2D eigenvalue weighted by molar-refractivity contribution is 5.76. The van der Waals surface area contributed by atoms with E-state index in [-0.39, 0.29) is 0 Å². The van der Waals surface area contributed by atoms with E-state index in [0.717, 1.165) is 45.2 Å². The Morgan fingerprint density at radius 3 is 1.85 bits per heavy atom. The Labute approximate surface area is 163 Å². The highest BCUT2D eigenvalue weighted by Crippen LogP contribution is 2.16. The van der Waals surface area contributed by atoms with Crippen molar-refractivity contribution in [2.75, 3.05) is 13.1 Å². The molecule has 26 heavy (non-hydrogen) atoms. The van der Waals surface area contributed by atoms with Crippen molar-refractivity contribution in [1.29, 1.82) is 0 Å². The second-order valence-electron chi connectivity index (χ2n) is 7.91. The lowest BCUT2D eigenvalue weighted by molar-refractivity contribution is -0.131. The van der Waals surface area contributed by atoms with Crippen molar-refractivity contribution in [2.24, 2.45) is 5.92 Å². The van der Waals surface area contributed by atoms with Crippen molar-refractivity contribution in [1.82, 2.24) is 4.90 Å². The molecule has 0 fully saturated rings. The first kappa shape index (κ1) is 24.7. The molecular formula is C24H43NO. The SMILES string of the molecule is CCN(CC)C(=O)CC(C)CC/C=C(\C)CC/C=C(\C)CCC=C(C)C. The number of hydrogen-bond donors (Lipinski definition) is 0. The molecule has 0 aliphatic heterocycles. The van der Waals surface area contributed by atoms with Crippen LogP contribution in [-0.2, 0) is 4.79 Å². The van der Waals surface area contributed by atoms with Gasteiger partial charge in [-0.1, -0.05) is 41.9 Å². The third-order valence-corrected chi connectivity index (χ3v) is 4.91. The van der Waals surface area contributed by atoms with Gasteiger partial charge in [0.25, 0.3) is 0 Å². The average molecular weight is 362 g/mol. The quantitative estimate of drug-likeness (QED) is 0.321. The Hall–Kier alpha value is -1.31. The Balaban J connectivity index is 4.07. The fraction of sp³-hybridized carbons (Fsp3) is 0.708. The molecule has 0 rings (SSSR count). The van der Waals surface area contributed by atoms with Gasteiger partial charge in [-0.3, -0.25) is 4.79 Å². The Morgan fingerprint density at radius 1 is 0.846 bits per heavy atom. The summed E-state index contributed by atoms with van der Waals surface area (Å²) in [5.41, 5.74) is 4.38. The van der Waals surface area contributed by atoms with Crippen molar-refractivity contribution >= 4 is 5.91 Å². The molecule has 0 heterocycles. The summed E-state index contributed by atoms with van der Waals surface area (Å²) in [6, 6.07) is 0. The van der Waals surface area contributed by atoms with Crippen LogP contribution < -0.4 is 0 Å². The zero-order chi connectivity index (χ0) is 19.9. The second-order valence-corrected chi connectivity index (χ2v) is 7.91. The smallest absolute Gasteiger partial charge is 0.222 e. The topological polar surface area (TPSA) is 20.3 Å². The fourth-order valence-corrected chi connectivity index (χ4v) is 3.06. The molecule has 0 aliphatic carbocycles. The second kappa shape index (κ2) is 14.8. The summed E-state index contributed by atoms with van der Waals surface area (Å²) in [5.74, 6) is 0.765. The Morgan fingerprint density at radius 2 is 1.35 bits per heavy atom. The number of nitrogens with zero attached hydrogens (tertiary/aromatic N) is 1. The van der Waals surface area contributed by atoms with Gasteiger partial charge in [-0.25, -0.2) is 0 Å². The summed E-state index contributed by atoms with van der Waals surface area (Å²) < 4.78 is 0. The zero-order valence-electron chi connectivity index (χ0n) is 18.5. The maximum absolute atomic E-state index is 12.1. The van der Waals surface area contributed by atoms with Crippen LogP contribution in [0.2, 0.25) is 0 Å². The molecular weight excluding hydrogens is 318 g/mol. The van der Waals surface area contributed by atoms with Gasteiger partial charge >= 0.3 is 0 Å². The molecule has 0 aromatic carbocycles.